The summed E-state index contributed by atoms with van der Waals surface area (Å²) < 4.78 is 0. The molecule has 1 fully saturated rings. The normalized spacial score (nSPS) is 24.3. The van der Waals surface area contributed by atoms with Gasteiger partial charge >= 0.3 is 0 Å². The molecule has 2 atom stereocenters. The van der Waals surface area contributed by atoms with Gasteiger partial charge in [0.25, 0.3) is 0 Å². The average Bonchev–Trinajstić information content (AvgIpc) is 2.55. The minimum Gasteiger partial charge on any atom is -0.352 e. The highest BCUT2D eigenvalue weighted by atomic mass is 16.2. The van der Waals surface area contributed by atoms with Crippen molar-refractivity contribution in [3.8, 4) is 0 Å². The molecule has 1 heterocycles. The van der Waals surface area contributed by atoms with Crippen LogP contribution < -0.4 is 10.6 Å². The smallest absolute Gasteiger partial charge is 0.237 e. The van der Waals surface area contributed by atoms with E-state index in [1.54, 1.807) is 0 Å². The van der Waals surface area contributed by atoms with E-state index in [4.69, 9.17) is 0 Å². The van der Waals surface area contributed by atoms with Crippen molar-refractivity contribution in [2.75, 3.05) is 6.54 Å². The largest absolute Gasteiger partial charge is 0.352 e. The maximum Gasteiger partial charge on any atom is 0.237 e. The predicted molar refractivity (Wildman–Crippen MR) is 53.5 cm³/mol. The molecular weight excluding hydrogens is 164 g/mol. The molecule has 0 aromatic carbocycles. The number of hydrogen-bond acceptors (Lipinski definition) is 2. The van der Waals surface area contributed by atoms with Crippen LogP contribution in [-0.2, 0) is 4.79 Å². The zero-order valence-electron chi connectivity index (χ0n) is 8.60. The first kappa shape index (κ1) is 10.5. The molecule has 0 saturated carbocycles. The van der Waals surface area contributed by atoms with Gasteiger partial charge in [-0.15, -0.1) is 0 Å². The summed E-state index contributed by atoms with van der Waals surface area (Å²) >= 11 is 0. The van der Waals surface area contributed by atoms with Crippen LogP contribution in [-0.4, -0.2) is 24.5 Å². The molecule has 0 aromatic heterocycles. The van der Waals surface area contributed by atoms with E-state index >= 15 is 0 Å². The molecule has 2 N–H and O–H groups in total. The van der Waals surface area contributed by atoms with E-state index in [0.29, 0.717) is 6.04 Å². The monoisotopic (exact) mass is 184 g/mol. The van der Waals surface area contributed by atoms with Gasteiger partial charge in [-0.3, -0.25) is 4.79 Å². The first-order valence-corrected chi connectivity index (χ1v) is 5.27. The minimum absolute atomic E-state index is 0.0688. The predicted octanol–water partition coefficient (Wildman–Crippen LogP) is 1.04. The first-order valence-electron chi connectivity index (χ1n) is 5.27. The molecule has 0 bridgehead atoms. The third-order valence-corrected chi connectivity index (χ3v) is 2.49. The third kappa shape index (κ3) is 3.35. The number of carbonyl (C=O) groups excluding carboxylic acids is 1. The van der Waals surface area contributed by atoms with Crippen LogP contribution in [0.3, 0.4) is 0 Å². The Labute approximate surface area is 80.3 Å². The Kier molecular flexibility index (Phi) is 4.22. The Morgan fingerprint density at radius 3 is 3.00 bits per heavy atom. The molecule has 1 saturated heterocycles. The molecule has 1 amide bonds. The van der Waals surface area contributed by atoms with Crippen molar-refractivity contribution in [3.05, 3.63) is 0 Å². The van der Waals surface area contributed by atoms with Gasteiger partial charge < -0.3 is 10.6 Å². The molecule has 0 unspecified atom stereocenters. The van der Waals surface area contributed by atoms with Gasteiger partial charge in [0, 0.05) is 6.04 Å². The summed E-state index contributed by atoms with van der Waals surface area (Å²) in [7, 11) is 0. The summed E-state index contributed by atoms with van der Waals surface area (Å²) in [6.45, 7) is 5.19. The summed E-state index contributed by atoms with van der Waals surface area (Å²) in [5.41, 5.74) is 0. The Morgan fingerprint density at radius 2 is 2.46 bits per heavy atom. The van der Waals surface area contributed by atoms with Crippen molar-refractivity contribution < 1.29 is 4.79 Å². The molecule has 76 valence electrons. The lowest BCUT2D eigenvalue weighted by Gasteiger charge is -2.16. The second-order valence-corrected chi connectivity index (χ2v) is 3.85. The van der Waals surface area contributed by atoms with E-state index < -0.39 is 0 Å². The summed E-state index contributed by atoms with van der Waals surface area (Å²) in [6.07, 6.45) is 4.31. The quantitative estimate of drug-likeness (QED) is 0.685. The van der Waals surface area contributed by atoms with Gasteiger partial charge in [-0.05, 0) is 32.7 Å². The topological polar surface area (TPSA) is 41.1 Å². The van der Waals surface area contributed by atoms with Gasteiger partial charge in [-0.25, -0.2) is 0 Å². The van der Waals surface area contributed by atoms with Gasteiger partial charge in [0.1, 0.15) is 0 Å². The van der Waals surface area contributed by atoms with Crippen LogP contribution in [0, 0.1) is 0 Å². The van der Waals surface area contributed by atoms with Crippen LogP contribution in [0.1, 0.15) is 39.5 Å². The Balaban J connectivity index is 2.23. The van der Waals surface area contributed by atoms with Crippen molar-refractivity contribution in [1.82, 2.24) is 10.6 Å². The molecule has 0 radical (unpaired) electrons. The summed E-state index contributed by atoms with van der Waals surface area (Å²) in [4.78, 5) is 11.6. The second kappa shape index (κ2) is 5.22. The molecule has 3 nitrogen and oxygen atoms in total. The fraction of sp³-hybridized carbons (Fsp3) is 0.900. The van der Waals surface area contributed by atoms with Crippen LogP contribution in [0.2, 0.25) is 0 Å². The van der Waals surface area contributed by atoms with Gasteiger partial charge in [0.05, 0.1) is 6.04 Å². The van der Waals surface area contributed by atoms with Crippen LogP contribution in [0.15, 0.2) is 0 Å². The second-order valence-electron chi connectivity index (χ2n) is 3.85. The molecule has 1 aliphatic rings. The van der Waals surface area contributed by atoms with E-state index in [2.05, 4.69) is 24.5 Å². The van der Waals surface area contributed by atoms with Crippen LogP contribution >= 0.6 is 0 Å². The fourth-order valence-electron chi connectivity index (χ4n) is 1.76. The molecule has 3 heteroatoms. The Morgan fingerprint density at radius 1 is 1.69 bits per heavy atom. The third-order valence-electron chi connectivity index (χ3n) is 2.49. The van der Waals surface area contributed by atoms with Crippen LogP contribution in [0.4, 0.5) is 0 Å². The lowest BCUT2D eigenvalue weighted by molar-refractivity contribution is -0.123. The van der Waals surface area contributed by atoms with Crippen molar-refractivity contribution in [2.24, 2.45) is 0 Å². The first-order chi connectivity index (χ1) is 6.24. The van der Waals surface area contributed by atoms with E-state index in [9.17, 15) is 4.79 Å². The number of amides is 1. The molecule has 13 heavy (non-hydrogen) atoms. The Hall–Kier alpha value is -0.570. The van der Waals surface area contributed by atoms with Crippen molar-refractivity contribution >= 4 is 5.91 Å². The molecular formula is C10H20N2O. The molecule has 1 rings (SSSR count). The number of rotatable bonds is 4. The maximum absolute atomic E-state index is 11.6. The van der Waals surface area contributed by atoms with Crippen LogP contribution in [0.5, 0.6) is 0 Å². The van der Waals surface area contributed by atoms with Crippen molar-refractivity contribution in [1.29, 1.82) is 0 Å². The lowest BCUT2D eigenvalue weighted by Crippen LogP contribution is -2.44. The van der Waals surface area contributed by atoms with E-state index in [1.807, 2.05) is 0 Å². The number of nitrogens with one attached hydrogen (secondary N) is 2. The zero-order chi connectivity index (χ0) is 9.68. The summed E-state index contributed by atoms with van der Waals surface area (Å²) in [6, 6.07) is 0.388. The lowest BCUT2D eigenvalue weighted by atomic mass is 10.1. The SMILES string of the molecule is CCC[C@@H](C)NC(=O)[C@@H]1CCCN1. The van der Waals surface area contributed by atoms with Gasteiger partial charge in [0.15, 0.2) is 0 Å². The minimum atomic E-state index is 0.0688. The van der Waals surface area contributed by atoms with E-state index in [1.165, 1.54) is 0 Å². The Bertz CT molecular complexity index is 164. The number of hydrogen-bond donors (Lipinski definition) is 2. The zero-order valence-corrected chi connectivity index (χ0v) is 8.60. The maximum atomic E-state index is 11.6. The van der Waals surface area contributed by atoms with E-state index in [0.717, 1.165) is 32.2 Å². The fourth-order valence-corrected chi connectivity index (χ4v) is 1.76. The highest BCUT2D eigenvalue weighted by Gasteiger charge is 2.22. The van der Waals surface area contributed by atoms with Gasteiger partial charge in [0.2, 0.25) is 5.91 Å². The van der Waals surface area contributed by atoms with Crippen LogP contribution in [0.25, 0.3) is 0 Å². The highest BCUT2D eigenvalue weighted by molar-refractivity contribution is 5.82. The molecule has 1 aliphatic heterocycles. The highest BCUT2D eigenvalue weighted by Crippen LogP contribution is 2.05. The average molecular weight is 184 g/mol. The van der Waals surface area contributed by atoms with Crippen molar-refractivity contribution in [3.63, 3.8) is 0 Å². The van der Waals surface area contributed by atoms with Gasteiger partial charge in [-0.1, -0.05) is 13.3 Å². The molecule has 0 spiro atoms. The molecule has 0 aliphatic carbocycles. The standard InChI is InChI=1S/C10H20N2O/c1-3-5-8(2)12-10(13)9-6-4-7-11-9/h8-9,11H,3-7H2,1-2H3,(H,12,13)/t8-,9+/m1/s1. The molecule has 0 aromatic rings. The number of carbonyl (C=O) groups is 1. The summed E-state index contributed by atoms with van der Waals surface area (Å²) in [5.74, 6) is 0.179. The van der Waals surface area contributed by atoms with E-state index in [-0.39, 0.29) is 11.9 Å². The van der Waals surface area contributed by atoms with Gasteiger partial charge in [-0.2, -0.15) is 0 Å². The van der Waals surface area contributed by atoms with Crippen molar-refractivity contribution in [2.45, 2.75) is 51.6 Å². The summed E-state index contributed by atoms with van der Waals surface area (Å²) in [5, 5.41) is 6.21.